The molecule has 0 radical (unpaired) electrons. The molecule has 4 aliphatic rings. The molecular formula is C19H31N3O2. The van der Waals surface area contributed by atoms with E-state index in [2.05, 4.69) is 10.6 Å². The second-order valence-electron chi connectivity index (χ2n) is 8.56. The van der Waals surface area contributed by atoms with Crippen molar-refractivity contribution in [3.63, 3.8) is 0 Å². The van der Waals surface area contributed by atoms with E-state index in [1.165, 1.54) is 32.1 Å². The van der Waals surface area contributed by atoms with Crippen LogP contribution in [0.25, 0.3) is 0 Å². The third kappa shape index (κ3) is 3.02. The highest BCUT2D eigenvalue weighted by atomic mass is 16.2. The normalized spacial score (nSPS) is 38.2. The number of likely N-dealkylation sites (tertiary alicyclic amines) is 1. The average Bonchev–Trinajstić information content (AvgIpc) is 3.26. The van der Waals surface area contributed by atoms with Crippen molar-refractivity contribution in [3.05, 3.63) is 0 Å². The molecule has 3 aliphatic carbocycles. The van der Waals surface area contributed by atoms with Gasteiger partial charge in [-0.15, -0.1) is 0 Å². The number of nitrogens with zero attached hydrogens (tertiary/aromatic N) is 1. The van der Waals surface area contributed by atoms with Crippen LogP contribution in [0.2, 0.25) is 0 Å². The zero-order chi connectivity index (χ0) is 16.7. The summed E-state index contributed by atoms with van der Waals surface area (Å²) in [4.78, 5) is 25.6. The van der Waals surface area contributed by atoms with Gasteiger partial charge in [-0.3, -0.25) is 4.79 Å². The van der Waals surface area contributed by atoms with Crippen LogP contribution in [-0.4, -0.2) is 42.5 Å². The number of amides is 3. The van der Waals surface area contributed by atoms with Crippen LogP contribution in [0.15, 0.2) is 0 Å². The standard InChI is InChI=1S/C19H31N3O2/c1-12(23)22-7-5-13(6-8-22)11-20-19(24)21-18-10-14-9-17(18)16-4-2-3-15(14)16/h13-18H,2-11H2,1H3,(H2,20,21,24). The molecule has 0 aromatic carbocycles. The lowest BCUT2D eigenvalue weighted by Gasteiger charge is -2.33. The highest BCUT2D eigenvalue weighted by molar-refractivity contribution is 5.74. The summed E-state index contributed by atoms with van der Waals surface area (Å²) < 4.78 is 0. The lowest BCUT2D eigenvalue weighted by molar-refractivity contribution is -0.130. The van der Waals surface area contributed by atoms with Crippen LogP contribution in [0, 0.1) is 29.6 Å². The Balaban J connectivity index is 1.19. The van der Waals surface area contributed by atoms with Crippen LogP contribution in [0.4, 0.5) is 4.79 Å². The molecule has 3 saturated carbocycles. The van der Waals surface area contributed by atoms with Crippen LogP contribution >= 0.6 is 0 Å². The molecule has 5 atom stereocenters. The minimum atomic E-state index is 0.0242. The molecule has 5 nitrogen and oxygen atoms in total. The monoisotopic (exact) mass is 333 g/mol. The number of urea groups is 1. The SMILES string of the molecule is CC(=O)N1CCC(CNC(=O)NC2CC3CC2C2CCCC32)CC1. The first-order valence-corrected chi connectivity index (χ1v) is 9.91. The fraction of sp³-hybridized carbons (Fsp3) is 0.895. The van der Waals surface area contributed by atoms with E-state index in [-0.39, 0.29) is 11.9 Å². The Morgan fingerprint density at radius 3 is 2.50 bits per heavy atom. The van der Waals surface area contributed by atoms with Crippen LogP contribution in [0.5, 0.6) is 0 Å². The van der Waals surface area contributed by atoms with Crippen LogP contribution in [0.3, 0.4) is 0 Å². The zero-order valence-electron chi connectivity index (χ0n) is 14.8. The first-order valence-electron chi connectivity index (χ1n) is 9.91. The van der Waals surface area contributed by atoms with E-state index in [4.69, 9.17) is 0 Å². The molecule has 0 spiro atoms. The average molecular weight is 333 g/mol. The minimum absolute atomic E-state index is 0.0242. The summed E-state index contributed by atoms with van der Waals surface area (Å²) in [7, 11) is 0. The van der Waals surface area contributed by atoms with Crippen LogP contribution in [-0.2, 0) is 4.79 Å². The van der Waals surface area contributed by atoms with Crippen molar-refractivity contribution in [2.45, 2.75) is 57.9 Å². The van der Waals surface area contributed by atoms with Gasteiger partial charge in [-0.1, -0.05) is 6.42 Å². The van der Waals surface area contributed by atoms with E-state index in [1.54, 1.807) is 6.92 Å². The van der Waals surface area contributed by atoms with Gasteiger partial charge < -0.3 is 15.5 Å². The molecule has 2 bridgehead atoms. The molecular weight excluding hydrogens is 302 g/mol. The first kappa shape index (κ1) is 16.2. The molecule has 24 heavy (non-hydrogen) atoms. The van der Waals surface area contributed by atoms with Gasteiger partial charge in [-0.05, 0) is 68.1 Å². The third-order valence-corrected chi connectivity index (χ3v) is 7.36. The topological polar surface area (TPSA) is 61.4 Å². The number of carbonyl (C=O) groups is 2. The summed E-state index contributed by atoms with van der Waals surface area (Å²) in [6.45, 7) is 4.04. The largest absolute Gasteiger partial charge is 0.343 e. The van der Waals surface area contributed by atoms with Crippen molar-refractivity contribution < 1.29 is 9.59 Å². The van der Waals surface area contributed by atoms with Crippen molar-refractivity contribution in [3.8, 4) is 0 Å². The maximum Gasteiger partial charge on any atom is 0.315 e. The third-order valence-electron chi connectivity index (χ3n) is 7.36. The maximum absolute atomic E-state index is 12.3. The van der Waals surface area contributed by atoms with Gasteiger partial charge in [0.1, 0.15) is 0 Å². The summed E-state index contributed by atoms with van der Waals surface area (Å²) in [6.07, 6.45) is 8.78. The Bertz CT molecular complexity index is 501. The summed E-state index contributed by atoms with van der Waals surface area (Å²) >= 11 is 0. The number of rotatable bonds is 3. The molecule has 2 N–H and O–H groups in total. The van der Waals surface area contributed by atoms with Gasteiger partial charge in [0.15, 0.2) is 0 Å². The van der Waals surface area contributed by atoms with E-state index in [1.807, 2.05) is 4.90 Å². The van der Waals surface area contributed by atoms with E-state index >= 15 is 0 Å². The number of piperidine rings is 1. The smallest absolute Gasteiger partial charge is 0.315 e. The fourth-order valence-corrected chi connectivity index (χ4v) is 6.14. The predicted octanol–water partition coefficient (Wildman–Crippen LogP) is 2.37. The lowest BCUT2D eigenvalue weighted by Crippen LogP contribution is -2.48. The quantitative estimate of drug-likeness (QED) is 0.833. The fourth-order valence-electron chi connectivity index (χ4n) is 6.14. The maximum atomic E-state index is 12.3. The van der Waals surface area contributed by atoms with E-state index in [0.717, 1.165) is 56.1 Å². The van der Waals surface area contributed by atoms with Gasteiger partial charge >= 0.3 is 6.03 Å². The Labute approximate surface area is 144 Å². The summed E-state index contributed by atoms with van der Waals surface area (Å²) in [5, 5.41) is 6.36. The summed E-state index contributed by atoms with van der Waals surface area (Å²) in [5.74, 6) is 4.16. The Kier molecular flexibility index (Phi) is 4.44. The van der Waals surface area contributed by atoms with Crippen molar-refractivity contribution in [1.29, 1.82) is 0 Å². The second kappa shape index (κ2) is 6.57. The van der Waals surface area contributed by atoms with Gasteiger partial charge in [-0.25, -0.2) is 4.79 Å². The van der Waals surface area contributed by atoms with E-state index in [0.29, 0.717) is 12.0 Å². The molecule has 1 saturated heterocycles. The number of nitrogens with one attached hydrogen (secondary N) is 2. The Morgan fingerprint density at radius 2 is 1.75 bits per heavy atom. The van der Waals surface area contributed by atoms with Crippen molar-refractivity contribution >= 4 is 11.9 Å². The molecule has 4 rings (SSSR count). The molecule has 1 heterocycles. The van der Waals surface area contributed by atoms with Crippen molar-refractivity contribution in [2.24, 2.45) is 29.6 Å². The van der Waals surface area contributed by atoms with Gasteiger partial charge in [0, 0.05) is 32.6 Å². The van der Waals surface area contributed by atoms with Gasteiger partial charge in [0.2, 0.25) is 5.91 Å². The number of carbonyl (C=O) groups excluding carboxylic acids is 2. The molecule has 5 heteroatoms. The second-order valence-corrected chi connectivity index (χ2v) is 8.56. The Morgan fingerprint density at radius 1 is 1.00 bits per heavy atom. The number of hydrogen-bond acceptors (Lipinski definition) is 2. The first-order chi connectivity index (χ1) is 11.6. The molecule has 4 fully saturated rings. The number of hydrogen-bond donors (Lipinski definition) is 2. The molecule has 134 valence electrons. The molecule has 0 aromatic heterocycles. The summed E-state index contributed by atoms with van der Waals surface area (Å²) in [5.41, 5.74) is 0. The van der Waals surface area contributed by atoms with E-state index < -0.39 is 0 Å². The molecule has 0 aromatic rings. The van der Waals surface area contributed by atoms with Crippen molar-refractivity contribution in [2.75, 3.05) is 19.6 Å². The predicted molar refractivity (Wildman–Crippen MR) is 92.3 cm³/mol. The molecule has 1 aliphatic heterocycles. The highest BCUT2D eigenvalue weighted by Crippen LogP contribution is 2.58. The number of fused-ring (bicyclic) bond motifs is 5. The van der Waals surface area contributed by atoms with Gasteiger partial charge in [-0.2, -0.15) is 0 Å². The van der Waals surface area contributed by atoms with Crippen LogP contribution in [0.1, 0.15) is 51.9 Å². The van der Waals surface area contributed by atoms with Gasteiger partial charge in [0.05, 0.1) is 0 Å². The lowest BCUT2D eigenvalue weighted by atomic mass is 9.79. The Hall–Kier alpha value is -1.26. The molecule has 5 unspecified atom stereocenters. The molecule has 3 amide bonds. The summed E-state index contributed by atoms with van der Waals surface area (Å²) in [6, 6.07) is 0.435. The van der Waals surface area contributed by atoms with Crippen LogP contribution < -0.4 is 10.6 Å². The van der Waals surface area contributed by atoms with E-state index in [9.17, 15) is 9.59 Å². The van der Waals surface area contributed by atoms with Crippen molar-refractivity contribution in [1.82, 2.24) is 15.5 Å². The minimum Gasteiger partial charge on any atom is -0.343 e. The highest BCUT2D eigenvalue weighted by Gasteiger charge is 2.54. The zero-order valence-corrected chi connectivity index (χ0v) is 14.8. The van der Waals surface area contributed by atoms with Gasteiger partial charge in [0.25, 0.3) is 0 Å².